The molecule has 0 aliphatic carbocycles. The number of rotatable bonds is 6. The zero-order valence-electron chi connectivity index (χ0n) is 15.8. The Morgan fingerprint density at radius 2 is 1.86 bits per heavy atom. The maximum Gasteiger partial charge on any atom is 0.293 e. The number of sulfone groups is 1. The van der Waals surface area contributed by atoms with Gasteiger partial charge in [-0.25, -0.2) is 13.4 Å². The molecule has 0 atom stereocenters. The van der Waals surface area contributed by atoms with Gasteiger partial charge in [0.1, 0.15) is 11.5 Å². The van der Waals surface area contributed by atoms with Gasteiger partial charge in [-0.3, -0.25) is 10.1 Å². The van der Waals surface area contributed by atoms with E-state index in [4.69, 9.17) is 0 Å². The zero-order valence-corrected chi connectivity index (χ0v) is 16.6. The van der Waals surface area contributed by atoms with Gasteiger partial charge in [0, 0.05) is 38.2 Å². The predicted octanol–water partition coefficient (Wildman–Crippen LogP) is 3.39. The van der Waals surface area contributed by atoms with E-state index in [-0.39, 0.29) is 16.3 Å². The average Bonchev–Trinajstić information content (AvgIpc) is 2.95. The van der Waals surface area contributed by atoms with E-state index in [0.29, 0.717) is 6.54 Å². The molecule has 0 unspecified atom stereocenters. The summed E-state index contributed by atoms with van der Waals surface area (Å²) in [6.45, 7) is 2.39. The van der Waals surface area contributed by atoms with Gasteiger partial charge in [-0.15, -0.1) is 0 Å². The van der Waals surface area contributed by atoms with Gasteiger partial charge in [-0.1, -0.05) is 18.9 Å². The first-order valence-electron chi connectivity index (χ1n) is 9.27. The van der Waals surface area contributed by atoms with Crippen LogP contribution in [0.2, 0.25) is 0 Å². The van der Waals surface area contributed by atoms with Crippen molar-refractivity contribution in [2.75, 3.05) is 29.6 Å². The molecule has 0 radical (unpaired) electrons. The van der Waals surface area contributed by atoms with Crippen molar-refractivity contribution in [1.82, 2.24) is 4.98 Å². The van der Waals surface area contributed by atoms with Gasteiger partial charge in [0.25, 0.3) is 5.69 Å². The van der Waals surface area contributed by atoms with Crippen LogP contribution in [0.5, 0.6) is 0 Å². The van der Waals surface area contributed by atoms with E-state index in [1.807, 2.05) is 12.1 Å². The highest BCUT2D eigenvalue weighted by Crippen LogP contribution is 2.28. The minimum atomic E-state index is -3.51. The van der Waals surface area contributed by atoms with E-state index in [1.165, 1.54) is 37.8 Å². The van der Waals surface area contributed by atoms with Crippen molar-refractivity contribution in [3.63, 3.8) is 0 Å². The largest absolute Gasteiger partial charge is 0.375 e. The summed E-state index contributed by atoms with van der Waals surface area (Å²) in [6.07, 6.45) is 7.67. The van der Waals surface area contributed by atoms with Gasteiger partial charge in [-0.05, 0) is 36.6 Å². The molecule has 1 aromatic carbocycles. The van der Waals surface area contributed by atoms with Crippen molar-refractivity contribution in [3.8, 4) is 0 Å². The third kappa shape index (κ3) is 4.98. The fourth-order valence-corrected chi connectivity index (χ4v) is 3.89. The van der Waals surface area contributed by atoms with E-state index in [2.05, 4.69) is 15.2 Å². The van der Waals surface area contributed by atoms with Gasteiger partial charge in [-0.2, -0.15) is 0 Å². The quantitative estimate of drug-likeness (QED) is 0.581. The minimum absolute atomic E-state index is 0.0757. The molecule has 1 aromatic heterocycles. The number of hydrogen-bond acceptors (Lipinski definition) is 7. The highest BCUT2D eigenvalue weighted by atomic mass is 32.2. The number of pyridine rings is 1. The molecule has 1 fully saturated rings. The lowest BCUT2D eigenvalue weighted by Gasteiger charge is -2.21. The summed E-state index contributed by atoms with van der Waals surface area (Å²) in [5.41, 5.74) is 0.895. The monoisotopic (exact) mass is 404 g/mol. The van der Waals surface area contributed by atoms with Crippen molar-refractivity contribution < 1.29 is 13.3 Å². The van der Waals surface area contributed by atoms with Crippen molar-refractivity contribution in [2.45, 2.75) is 37.1 Å². The molecular formula is C19H24N4O4S. The topological polar surface area (TPSA) is 105 Å². The van der Waals surface area contributed by atoms with Crippen LogP contribution in [-0.4, -0.2) is 37.7 Å². The molecule has 28 heavy (non-hydrogen) atoms. The number of aromatic nitrogens is 1. The Labute approximate surface area is 164 Å². The maximum atomic E-state index is 11.6. The van der Waals surface area contributed by atoms with E-state index in [9.17, 15) is 18.5 Å². The van der Waals surface area contributed by atoms with Crippen LogP contribution in [-0.2, 0) is 16.4 Å². The SMILES string of the molecule is CS(=O)(=O)c1ccc(NCc2ccc(N3CCCCCC3)nc2)c([N+](=O)[O-])c1. The van der Waals surface area contributed by atoms with Crippen molar-refractivity contribution in [2.24, 2.45) is 0 Å². The molecule has 2 heterocycles. The van der Waals surface area contributed by atoms with E-state index >= 15 is 0 Å². The van der Waals surface area contributed by atoms with Crippen LogP contribution in [0, 0.1) is 10.1 Å². The molecule has 0 spiro atoms. The van der Waals surface area contributed by atoms with Gasteiger partial charge in [0.15, 0.2) is 9.84 Å². The summed E-state index contributed by atoms with van der Waals surface area (Å²) in [5, 5.41) is 14.3. The lowest BCUT2D eigenvalue weighted by molar-refractivity contribution is -0.384. The Morgan fingerprint density at radius 1 is 1.14 bits per heavy atom. The normalized spacial score (nSPS) is 15.1. The maximum absolute atomic E-state index is 11.6. The Kier molecular flexibility index (Phi) is 6.13. The highest BCUT2D eigenvalue weighted by molar-refractivity contribution is 7.90. The van der Waals surface area contributed by atoms with Gasteiger partial charge >= 0.3 is 0 Å². The first kappa shape index (κ1) is 20.1. The van der Waals surface area contributed by atoms with Gasteiger partial charge in [0.2, 0.25) is 0 Å². The molecule has 0 amide bonds. The van der Waals surface area contributed by atoms with Crippen LogP contribution in [0.1, 0.15) is 31.2 Å². The number of nitro groups is 1. The minimum Gasteiger partial charge on any atom is -0.375 e. The van der Waals surface area contributed by atoms with E-state index in [1.54, 1.807) is 6.20 Å². The number of benzene rings is 1. The van der Waals surface area contributed by atoms with Gasteiger partial charge < -0.3 is 10.2 Å². The fraction of sp³-hybridized carbons (Fsp3) is 0.421. The summed E-state index contributed by atoms with van der Waals surface area (Å²) >= 11 is 0. The van der Waals surface area contributed by atoms with Crippen molar-refractivity contribution in [3.05, 3.63) is 52.2 Å². The summed E-state index contributed by atoms with van der Waals surface area (Å²) in [4.78, 5) is 17.5. The van der Waals surface area contributed by atoms with Crippen LogP contribution < -0.4 is 10.2 Å². The summed E-state index contributed by atoms with van der Waals surface area (Å²) in [5.74, 6) is 0.953. The Hall–Kier alpha value is -2.68. The Balaban J connectivity index is 1.70. The number of nitro benzene ring substituents is 1. The third-order valence-corrected chi connectivity index (χ3v) is 5.93. The fourth-order valence-electron chi connectivity index (χ4n) is 3.25. The molecule has 9 heteroatoms. The summed E-state index contributed by atoms with van der Waals surface area (Å²) in [6, 6.07) is 7.80. The smallest absolute Gasteiger partial charge is 0.293 e. The second-order valence-electron chi connectivity index (χ2n) is 6.99. The molecule has 2 aromatic rings. The molecule has 3 rings (SSSR count). The number of hydrogen-bond donors (Lipinski definition) is 1. The number of nitrogens with one attached hydrogen (secondary N) is 1. The number of anilines is 2. The zero-order chi connectivity index (χ0) is 20.1. The molecule has 0 bridgehead atoms. The van der Waals surface area contributed by atoms with Crippen molar-refractivity contribution >= 4 is 27.0 Å². The molecule has 0 saturated carbocycles. The van der Waals surface area contributed by atoms with Crippen molar-refractivity contribution in [1.29, 1.82) is 0 Å². The average molecular weight is 404 g/mol. The summed E-state index contributed by atoms with van der Waals surface area (Å²) < 4.78 is 23.3. The Bertz CT molecular complexity index is 937. The molecule has 8 nitrogen and oxygen atoms in total. The molecule has 1 aliphatic heterocycles. The molecule has 1 saturated heterocycles. The standard InChI is InChI=1S/C19H24N4O4S/c1-28(26,27)16-7-8-17(18(12-16)23(24)25)20-13-15-6-9-19(21-14-15)22-10-4-2-3-5-11-22/h6-9,12,14,20H,2-5,10-11,13H2,1H3. The first-order chi connectivity index (χ1) is 13.3. The molecular weight excluding hydrogens is 380 g/mol. The van der Waals surface area contributed by atoms with Crippen LogP contribution >= 0.6 is 0 Å². The van der Waals surface area contributed by atoms with Crippen LogP contribution in [0.25, 0.3) is 0 Å². The van der Waals surface area contributed by atoms with Crippen LogP contribution in [0.15, 0.2) is 41.4 Å². The number of nitrogens with zero attached hydrogens (tertiary/aromatic N) is 3. The van der Waals surface area contributed by atoms with E-state index in [0.717, 1.165) is 36.8 Å². The molecule has 1 aliphatic rings. The lowest BCUT2D eigenvalue weighted by atomic mass is 10.2. The van der Waals surface area contributed by atoms with Crippen LogP contribution in [0.3, 0.4) is 0 Å². The summed E-state index contributed by atoms with van der Waals surface area (Å²) in [7, 11) is -3.51. The third-order valence-electron chi connectivity index (χ3n) is 4.82. The van der Waals surface area contributed by atoms with Gasteiger partial charge in [0.05, 0.1) is 9.82 Å². The first-order valence-corrected chi connectivity index (χ1v) is 11.2. The molecule has 1 N–H and O–H groups in total. The second kappa shape index (κ2) is 8.55. The molecule has 150 valence electrons. The van der Waals surface area contributed by atoms with E-state index < -0.39 is 14.8 Å². The lowest BCUT2D eigenvalue weighted by Crippen LogP contribution is -2.24. The predicted molar refractivity (Wildman–Crippen MR) is 108 cm³/mol. The second-order valence-corrected chi connectivity index (χ2v) is 9.00. The Morgan fingerprint density at radius 3 is 2.43 bits per heavy atom. The van der Waals surface area contributed by atoms with Crippen LogP contribution in [0.4, 0.5) is 17.2 Å². The highest BCUT2D eigenvalue weighted by Gasteiger charge is 2.18.